The zero-order chi connectivity index (χ0) is 53.6. The molecule has 0 rings (SSSR count). The molecule has 430 valence electrons. The number of rotatable bonds is 59. The molecule has 1 atom stereocenters. The Labute approximate surface area is 460 Å². The molecule has 0 radical (unpaired) electrons. The number of carbonyl (C=O) groups is 3. The minimum atomic E-state index is -0.776. The Morgan fingerprint density at radius 1 is 0.284 bits per heavy atom. The molecular formula is C68H122O6. The van der Waals surface area contributed by atoms with E-state index in [4.69, 9.17) is 14.2 Å². The lowest BCUT2D eigenvalue weighted by molar-refractivity contribution is -0.167. The van der Waals surface area contributed by atoms with Crippen molar-refractivity contribution in [1.82, 2.24) is 0 Å². The quantitative estimate of drug-likeness (QED) is 0.0261. The van der Waals surface area contributed by atoms with Gasteiger partial charge in [0.2, 0.25) is 0 Å². The number of hydrogen-bond donors (Lipinski definition) is 0. The molecule has 1 unspecified atom stereocenters. The highest BCUT2D eigenvalue weighted by Gasteiger charge is 2.19. The van der Waals surface area contributed by atoms with Gasteiger partial charge in [0.25, 0.3) is 0 Å². The molecule has 74 heavy (non-hydrogen) atoms. The van der Waals surface area contributed by atoms with Crippen molar-refractivity contribution in [3.63, 3.8) is 0 Å². The Kier molecular flexibility index (Phi) is 60.2. The van der Waals surface area contributed by atoms with E-state index in [-0.39, 0.29) is 31.1 Å². The summed E-state index contributed by atoms with van der Waals surface area (Å²) >= 11 is 0. The summed E-state index contributed by atoms with van der Waals surface area (Å²) in [4.78, 5) is 38.2. The zero-order valence-corrected chi connectivity index (χ0v) is 49.4. The molecule has 0 fully saturated rings. The van der Waals surface area contributed by atoms with Crippen molar-refractivity contribution in [2.24, 2.45) is 0 Å². The van der Waals surface area contributed by atoms with Gasteiger partial charge in [0.05, 0.1) is 0 Å². The van der Waals surface area contributed by atoms with E-state index in [1.54, 1.807) is 0 Å². The fraction of sp³-hybridized carbons (Fsp3) is 0.809. The molecule has 0 N–H and O–H groups in total. The van der Waals surface area contributed by atoms with Crippen molar-refractivity contribution in [3.8, 4) is 0 Å². The van der Waals surface area contributed by atoms with E-state index in [0.29, 0.717) is 19.3 Å². The lowest BCUT2D eigenvalue weighted by atomic mass is 10.0. The van der Waals surface area contributed by atoms with E-state index in [9.17, 15) is 14.4 Å². The maximum atomic E-state index is 12.9. The van der Waals surface area contributed by atoms with Crippen LogP contribution in [0.1, 0.15) is 335 Å². The van der Waals surface area contributed by atoms with Crippen LogP contribution in [0, 0.1) is 0 Å². The average molecular weight is 1040 g/mol. The topological polar surface area (TPSA) is 78.9 Å². The molecule has 0 heterocycles. The lowest BCUT2D eigenvalue weighted by Gasteiger charge is -2.18. The lowest BCUT2D eigenvalue weighted by Crippen LogP contribution is -2.30. The average Bonchev–Trinajstić information content (AvgIpc) is 3.40. The van der Waals surface area contributed by atoms with E-state index in [1.807, 2.05) is 0 Å². The number of allylic oxidation sites excluding steroid dienone is 10. The monoisotopic (exact) mass is 1030 g/mol. The molecule has 6 nitrogen and oxygen atoms in total. The minimum absolute atomic E-state index is 0.0733. The van der Waals surface area contributed by atoms with E-state index in [0.717, 1.165) is 96.3 Å². The third-order valence-electron chi connectivity index (χ3n) is 14.3. The van der Waals surface area contributed by atoms with Crippen molar-refractivity contribution in [1.29, 1.82) is 0 Å². The first kappa shape index (κ1) is 71.1. The van der Waals surface area contributed by atoms with Gasteiger partial charge in [-0.2, -0.15) is 0 Å². The predicted molar refractivity (Wildman–Crippen MR) is 321 cm³/mol. The SMILES string of the molecule is CC/C=C\C/C=C\C/C=C\C/C=C\C/C=C\CCCCCCCCCC(=O)OCC(COC(=O)CCCCCCCCCCCC)OC(=O)CCCCCCCCCCCCCCCCCCCCCCCCC. The minimum Gasteiger partial charge on any atom is -0.462 e. The second-order valence-corrected chi connectivity index (χ2v) is 21.7. The van der Waals surface area contributed by atoms with Gasteiger partial charge in [-0.05, 0) is 64.2 Å². The number of hydrogen-bond acceptors (Lipinski definition) is 6. The first-order valence-corrected chi connectivity index (χ1v) is 32.3. The van der Waals surface area contributed by atoms with Crippen LogP contribution in [0.4, 0.5) is 0 Å². The molecule has 0 aromatic carbocycles. The van der Waals surface area contributed by atoms with Gasteiger partial charge in [-0.15, -0.1) is 0 Å². The maximum Gasteiger partial charge on any atom is 0.306 e. The number of esters is 3. The molecule has 0 aliphatic heterocycles. The summed E-state index contributed by atoms with van der Waals surface area (Å²) in [6.45, 7) is 6.55. The molecular weight excluding hydrogens is 913 g/mol. The highest BCUT2D eigenvalue weighted by molar-refractivity contribution is 5.71. The van der Waals surface area contributed by atoms with Crippen LogP contribution in [0.3, 0.4) is 0 Å². The standard InChI is InChI=1S/C68H122O6/c1-4-7-10-13-16-19-22-24-26-28-30-32-34-36-38-40-42-44-46-49-52-55-58-61-67(70)73-64-65(63-72-66(69)60-57-54-51-48-21-18-15-12-9-6-3)74-68(71)62-59-56-53-50-47-45-43-41-39-37-35-33-31-29-27-25-23-20-17-14-11-8-5-2/h7,10,16,19,24,26,30,32,36,38,65H,4-6,8-9,11-15,17-18,20-23,25,27-29,31,33-35,37,39-64H2,1-3H3/b10-7-,19-16-,26-24-,32-30-,38-36-. The van der Waals surface area contributed by atoms with Gasteiger partial charge in [-0.3, -0.25) is 14.4 Å². The van der Waals surface area contributed by atoms with Gasteiger partial charge in [0, 0.05) is 19.3 Å². The molecule has 0 saturated heterocycles. The molecule has 0 bridgehead atoms. The molecule has 0 aromatic rings. The van der Waals surface area contributed by atoms with Crippen LogP contribution in [0.2, 0.25) is 0 Å². The molecule has 0 aromatic heterocycles. The Bertz CT molecular complexity index is 1330. The van der Waals surface area contributed by atoms with E-state index in [2.05, 4.69) is 81.5 Å². The number of ether oxygens (including phenoxy) is 3. The molecule has 0 aliphatic rings. The summed E-state index contributed by atoms with van der Waals surface area (Å²) in [7, 11) is 0. The van der Waals surface area contributed by atoms with Crippen LogP contribution in [0.25, 0.3) is 0 Å². The first-order chi connectivity index (χ1) is 36.5. The highest BCUT2D eigenvalue weighted by Crippen LogP contribution is 2.18. The molecule has 0 aliphatic carbocycles. The predicted octanol–water partition coefficient (Wildman–Crippen LogP) is 21.9. The Hall–Kier alpha value is -2.89. The Morgan fingerprint density at radius 2 is 0.527 bits per heavy atom. The van der Waals surface area contributed by atoms with E-state index in [1.165, 1.54) is 199 Å². The Morgan fingerprint density at radius 3 is 0.824 bits per heavy atom. The third kappa shape index (κ3) is 60.0. The maximum absolute atomic E-state index is 12.9. The van der Waals surface area contributed by atoms with Gasteiger partial charge in [-0.25, -0.2) is 0 Å². The van der Waals surface area contributed by atoms with Gasteiger partial charge in [0.15, 0.2) is 6.10 Å². The third-order valence-corrected chi connectivity index (χ3v) is 14.3. The van der Waals surface area contributed by atoms with E-state index < -0.39 is 6.10 Å². The van der Waals surface area contributed by atoms with Gasteiger partial charge < -0.3 is 14.2 Å². The number of unbranched alkanes of at least 4 members (excludes halogenated alkanes) is 38. The molecule has 0 spiro atoms. The van der Waals surface area contributed by atoms with Crippen LogP contribution in [0.15, 0.2) is 60.8 Å². The van der Waals surface area contributed by atoms with Crippen LogP contribution in [-0.4, -0.2) is 37.2 Å². The fourth-order valence-electron chi connectivity index (χ4n) is 9.47. The second-order valence-electron chi connectivity index (χ2n) is 21.7. The van der Waals surface area contributed by atoms with Crippen LogP contribution < -0.4 is 0 Å². The summed E-state index contributed by atoms with van der Waals surface area (Å²) in [6, 6.07) is 0. The van der Waals surface area contributed by atoms with Crippen molar-refractivity contribution in [2.45, 2.75) is 341 Å². The normalized spacial score (nSPS) is 12.4. The van der Waals surface area contributed by atoms with Crippen molar-refractivity contribution >= 4 is 17.9 Å². The van der Waals surface area contributed by atoms with Crippen LogP contribution in [0.5, 0.6) is 0 Å². The van der Waals surface area contributed by atoms with Crippen LogP contribution in [-0.2, 0) is 28.6 Å². The van der Waals surface area contributed by atoms with Gasteiger partial charge >= 0.3 is 17.9 Å². The highest BCUT2D eigenvalue weighted by atomic mass is 16.6. The second kappa shape index (κ2) is 62.6. The zero-order valence-electron chi connectivity index (χ0n) is 49.4. The summed E-state index contributed by atoms with van der Waals surface area (Å²) in [5, 5.41) is 0. The largest absolute Gasteiger partial charge is 0.462 e. The van der Waals surface area contributed by atoms with Gasteiger partial charge in [0.1, 0.15) is 13.2 Å². The van der Waals surface area contributed by atoms with Crippen molar-refractivity contribution in [2.75, 3.05) is 13.2 Å². The smallest absolute Gasteiger partial charge is 0.306 e. The first-order valence-electron chi connectivity index (χ1n) is 32.3. The van der Waals surface area contributed by atoms with Crippen molar-refractivity contribution < 1.29 is 28.6 Å². The summed E-state index contributed by atoms with van der Waals surface area (Å²) < 4.78 is 16.9. The Balaban J connectivity index is 4.24. The molecule has 0 amide bonds. The summed E-state index contributed by atoms with van der Waals surface area (Å²) in [5.41, 5.74) is 0. The molecule has 6 heteroatoms. The summed E-state index contributed by atoms with van der Waals surface area (Å²) in [5.74, 6) is -0.867. The van der Waals surface area contributed by atoms with E-state index >= 15 is 0 Å². The summed E-state index contributed by atoms with van der Waals surface area (Å²) in [6.07, 6.45) is 79.5. The van der Waals surface area contributed by atoms with Crippen LogP contribution >= 0.6 is 0 Å². The van der Waals surface area contributed by atoms with Crippen molar-refractivity contribution in [3.05, 3.63) is 60.8 Å². The molecule has 0 saturated carbocycles. The van der Waals surface area contributed by atoms with Gasteiger partial charge in [-0.1, -0.05) is 313 Å². The number of carbonyl (C=O) groups excluding carboxylic acids is 3. The fourth-order valence-corrected chi connectivity index (χ4v) is 9.47.